The summed E-state index contributed by atoms with van der Waals surface area (Å²) in [6, 6.07) is 11.9. The summed E-state index contributed by atoms with van der Waals surface area (Å²) < 4.78 is 28.6. The Hall–Kier alpha value is -3.37. The molecular weight excluding hydrogens is 390 g/mol. The molecule has 0 amide bonds. The number of anilines is 2. The number of nitrogens with zero attached hydrogens (tertiary/aromatic N) is 5. The Morgan fingerprint density at radius 1 is 1.03 bits per heavy atom. The molecule has 0 atom stereocenters. The molecule has 0 bridgehead atoms. The van der Waals surface area contributed by atoms with Crippen LogP contribution in [0.3, 0.4) is 0 Å². The molecule has 4 aromatic rings. The first-order valence-electron chi connectivity index (χ1n) is 9.06. The predicted molar refractivity (Wildman–Crippen MR) is 109 cm³/mol. The van der Waals surface area contributed by atoms with E-state index in [1.165, 1.54) is 0 Å². The second-order valence-corrected chi connectivity index (χ2v) is 8.02. The van der Waals surface area contributed by atoms with Crippen LogP contribution in [0.1, 0.15) is 13.3 Å². The van der Waals surface area contributed by atoms with Crippen molar-refractivity contribution in [2.75, 3.05) is 11.9 Å². The summed E-state index contributed by atoms with van der Waals surface area (Å²) in [5, 5.41) is 7.38. The lowest BCUT2D eigenvalue weighted by Crippen LogP contribution is -2.24. The number of hydrogen-bond donors (Lipinski definition) is 2. The Kier molecular flexibility index (Phi) is 5.19. The second kappa shape index (κ2) is 7.94. The van der Waals surface area contributed by atoms with Gasteiger partial charge in [-0.2, -0.15) is 5.10 Å². The van der Waals surface area contributed by atoms with E-state index in [4.69, 9.17) is 0 Å². The maximum atomic E-state index is 12.2. The zero-order chi connectivity index (χ0) is 20.3. The molecule has 4 rings (SSSR count). The normalized spacial score (nSPS) is 11.6. The lowest BCUT2D eigenvalue weighted by Gasteiger charge is -2.08. The summed E-state index contributed by atoms with van der Waals surface area (Å²) in [4.78, 5) is 13.3. The quantitative estimate of drug-likeness (QED) is 0.482. The maximum absolute atomic E-state index is 12.2. The fraction of sp³-hybridized carbons (Fsp3) is 0.158. The van der Waals surface area contributed by atoms with Gasteiger partial charge in [-0.05, 0) is 48.9 Å². The predicted octanol–water partition coefficient (Wildman–Crippen LogP) is 2.62. The first-order valence-corrected chi connectivity index (χ1v) is 10.5. The molecule has 10 heteroatoms. The molecule has 0 spiro atoms. The number of hydrogen-bond acceptors (Lipinski definition) is 7. The third kappa shape index (κ3) is 4.08. The van der Waals surface area contributed by atoms with Crippen LogP contribution in [0.25, 0.3) is 17.0 Å². The standard InChI is InChI=1S/C19H19N7O2S/c1-2-10-23-29(27,28)15-7-5-14(6-8-15)24-19-20-12-9-16(25-19)17-13-21-18-4-3-11-22-26(17)18/h3-9,11-13,23H,2,10H2,1H3,(H,20,24,25). The minimum absolute atomic E-state index is 0.211. The van der Waals surface area contributed by atoms with Gasteiger partial charge >= 0.3 is 0 Å². The summed E-state index contributed by atoms with van der Waals surface area (Å²) >= 11 is 0. The molecule has 0 unspecified atom stereocenters. The Morgan fingerprint density at radius 3 is 2.66 bits per heavy atom. The molecule has 2 N–H and O–H groups in total. The fourth-order valence-corrected chi connectivity index (χ4v) is 3.87. The van der Waals surface area contributed by atoms with Crippen LogP contribution in [-0.2, 0) is 10.0 Å². The van der Waals surface area contributed by atoms with Gasteiger partial charge in [0.1, 0.15) is 5.69 Å². The Balaban J connectivity index is 1.56. The van der Waals surface area contributed by atoms with Crippen LogP contribution < -0.4 is 10.0 Å². The first-order chi connectivity index (χ1) is 14.1. The SMILES string of the molecule is CCCNS(=O)(=O)c1ccc(Nc2nccc(-c3cnc4cccnn34)n2)cc1. The second-order valence-electron chi connectivity index (χ2n) is 6.25. The highest BCUT2D eigenvalue weighted by atomic mass is 32.2. The van der Waals surface area contributed by atoms with E-state index in [0.29, 0.717) is 23.9 Å². The minimum Gasteiger partial charge on any atom is -0.324 e. The summed E-state index contributed by atoms with van der Waals surface area (Å²) in [5.74, 6) is 0.382. The number of imidazole rings is 1. The van der Waals surface area contributed by atoms with Crippen molar-refractivity contribution in [2.45, 2.75) is 18.2 Å². The van der Waals surface area contributed by atoms with Gasteiger partial charge in [0.15, 0.2) is 5.65 Å². The molecule has 1 aromatic carbocycles. The van der Waals surface area contributed by atoms with Gasteiger partial charge in [0.05, 0.1) is 16.8 Å². The molecule has 148 valence electrons. The summed E-state index contributed by atoms with van der Waals surface area (Å²) in [6.07, 6.45) is 5.76. The molecule has 0 saturated heterocycles. The number of benzene rings is 1. The highest BCUT2D eigenvalue weighted by Gasteiger charge is 2.13. The first kappa shape index (κ1) is 19.0. The van der Waals surface area contributed by atoms with Gasteiger partial charge in [-0.15, -0.1) is 0 Å². The molecule has 9 nitrogen and oxygen atoms in total. The summed E-state index contributed by atoms with van der Waals surface area (Å²) in [5.41, 5.74) is 2.81. The molecular formula is C19H19N7O2S. The van der Waals surface area contributed by atoms with E-state index in [-0.39, 0.29) is 4.90 Å². The van der Waals surface area contributed by atoms with Crippen molar-refractivity contribution in [3.63, 3.8) is 0 Å². The van der Waals surface area contributed by atoms with E-state index in [1.807, 2.05) is 19.1 Å². The van der Waals surface area contributed by atoms with Gasteiger partial charge in [0, 0.05) is 24.6 Å². The summed E-state index contributed by atoms with van der Waals surface area (Å²) in [7, 11) is -3.49. The Bertz CT molecular complexity index is 1240. The molecule has 3 heterocycles. The lowest BCUT2D eigenvalue weighted by molar-refractivity contribution is 0.581. The zero-order valence-corrected chi connectivity index (χ0v) is 16.5. The van der Waals surface area contributed by atoms with E-state index >= 15 is 0 Å². The van der Waals surface area contributed by atoms with Crippen LogP contribution in [0, 0.1) is 0 Å². The Morgan fingerprint density at radius 2 is 1.86 bits per heavy atom. The Labute approximate surface area is 167 Å². The molecule has 0 saturated carbocycles. The monoisotopic (exact) mass is 409 g/mol. The van der Waals surface area contributed by atoms with Crippen molar-refractivity contribution in [3.05, 3.63) is 61.1 Å². The summed E-state index contributed by atoms with van der Waals surface area (Å²) in [6.45, 7) is 2.31. The van der Waals surface area contributed by atoms with Crippen molar-refractivity contribution in [1.82, 2.24) is 29.3 Å². The van der Waals surface area contributed by atoms with Crippen molar-refractivity contribution >= 4 is 27.3 Å². The van der Waals surface area contributed by atoms with Crippen molar-refractivity contribution < 1.29 is 8.42 Å². The van der Waals surface area contributed by atoms with E-state index in [1.54, 1.807) is 53.4 Å². The van der Waals surface area contributed by atoms with E-state index in [9.17, 15) is 8.42 Å². The average molecular weight is 409 g/mol. The van der Waals surface area contributed by atoms with Crippen LogP contribution in [0.2, 0.25) is 0 Å². The number of sulfonamides is 1. The topological polar surface area (TPSA) is 114 Å². The fourth-order valence-electron chi connectivity index (χ4n) is 2.73. The minimum atomic E-state index is -3.49. The van der Waals surface area contributed by atoms with E-state index < -0.39 is 10.0 Å². The van der Waals surface area contributed by atoms with Crippen LogP contribution >= 0.6 is 0 Å². The van der Waals surface area contributed by atoms with Crippen LogP contribution in [-0.4, -0.2) is 39.5 Å². The highest BCUT2D eigenvalue weighted by Crippen LogP contribution is 2.21. The average Bonchev–Trinajstić information content (AvgIpc) is 3.17. The highest BCUT2D eigenvalue weighted by molar-refractivity contribution is 7.89. The molecule has 0 aliphatic heterocycles. The number of rotatable bonds is 7. The van der Waals surface area contributed by atoms with E-state index in [0.717, 1.165) is 17.8 Å². The van der Waals surface area contributed by atoms with Gasteiger partial charge < -0.3 is 5.32 Å². The van der Waals surface area contributed by atoms with Crippen LogP contribution in [0.5, 0.6) is 0 Å². The zero-order valence-electron chi connectivity index (χ0n) is 15.6. The molecule has 0 aliphatic rings. The molecule has 0 radical (unpaired) electrons. The molecule has 3 aromatic heterocycles. The van der Waals surface area contributed by atoms with Gasteiger partial charge in [-0.25, -0.2) is 32.6 Å². The van der Waals surface area contributed by atoms with Crippen molar-refractivity contribution in [1.29, 1.82) is 0 Å². The van der Waals surface area contributed by atoms with Crippen molar-refractivity contribution in [2.24, 2.45) is 0 Å². The number of aromatic nitrogens is 5. The third-order valence-electron chi connectivity index (χ3n) is 4.16. The third-order valence-corrected chi connectivity index (χ3v) is 5.64. The van der Waals surface area contributed by atoms with Crippen LogP contribution in [0.4, 0.5) is 11.6 Å². The smallest absolute Gasteiger partial charge is 0.240 e. The number of fused-ring (bicyclic) bond motifs is 1. The lowest BCUT2D eigenvalue weighted by atomic mass is 10.3. The maximum Gasteiger partial charge on any atom is 0.240 e. The van der Waals surface area contributed by atoms with Gasteiger partial charge in [-0.1, -0.05) is 6.92 Å². The molecule has 29 heavy (non-hydrogen) atoms. The van der Waals surface area contributed by atoms with E-state index in [2.05, 4.69) is 30.1 Å². The van der Waals surface area contributed by atoms with Crippen molar-refractivity contribution in [3.8, 4) is 11.4 Å². The van der Waals surface area contributed by atoms with Gasteiger partial charge in [0.25, 0.3) is 0 Å². The largest absolute Gasteiger partial charge is 0.324 e. The van der Waals surface area contributed by atoms with Crippen LogP contribution in [0.15, 0.2) is 66.0 Å². The van der Waals surface area contributed by atoms with Gasteiger partial charge in [-0.3, -0.25) is 0 Å². The number of nitrogens with one attached hydrogen (secondary N) is 2. The van der Waals surface area contributed by atoms with Gasteiger partial charge in [0.2, 0.25) is 16.0 Å². The molecule has 0 aliphatic carbocycles. The molecule has 0 fully saturated rings.